The Kier molecular flexibility index (Phi) is 9.69. The Hall–Kier alpha value is -2.63. The number of aryl methyl sites for hydroxylation is 1. The van der Waals surface area contributed by atoms with Crippen LogP contribution < -0.4 is 10.6 Å². The van der Waals surface area contributed by atoms with Crippen molar-refractivity contribution in [3.63, 3.8) is 0 Å². The first-order valence-corrected chi connectivity index (χ1v) is 10.3. The van der Waals surface area contributed by atoms with Gasteiger partial charge in [-0.3, -0.25) is 0 Å². The van der Waals surface area contributed by atoms with Gasteiger partial charge in [0, 0.05) is 13.6 Å². The molecule has 10 heteroatoms. The molecule has 0 fully saturated rings. The molecular formula is C23H28F3IN6. The number of guanidine groups is 1. The van der Waals surface area contributed by atoms with Gasteiger partial charge in [-0.05, 0) is 43.5 Å². The van der Waals surface area contributed by atoms with Crippen molar-refractivity contribution < 1.29 is 13.2 Å². The third kappa shape index (κ3) is 7.72. The standard InChI is InChI=1S/C23H27F3N6.HI/c1-16(19-7-5-4-6-8-19)29-22(28-15-21-31-30-17(2)32(21)3)27-14-13-18-9-11-20(12-10-18)23(24,25)26;/h4-12,16H,13-15H2,1-3H3,(H2,27,28,29);1H. The van der Waals surface area contributed by atoms with Gasteiger partial charge < -0.3 is 15.2 Å². The SMILES string of the molecule is Cc1nnc(CN=C(NCCc2ccc(C(F)(F)F)cc2)NC(C)c2ccccc2)n1C.I. The molecule has 1 aromatic heterocycles. The summed E-state index contributed by atoms with van der Waals surface area (Å²) in [4.78, 5) is 4.63. The molecule has 6 nitrogen and oxygen atoms in total. The fraction of sp³-hybridized carbons (Fsp3) is 0.348. The monoisotopic (exact) mass is 572 g/mol. The lowest BCUT2D eigenvalue weighted by Gasteiger charge is -2.19. The van der Waals surface area contributed by atoms with E-state index in [1.54, 1.807) is 0 Å². The summed E-state index contributed by atoms with van der Waals surface area (Å²) < 4.78 is 40.1. The van der Waals surface area contributed by atoms with E-state index in [0.29, 0.717) is 25.5 Å². The molecule has 2 aromatic carbocycles. The van der Waals surface area contributed by atoms with Crippen LogP contribution >= 0.6 is 24.0 Å². The third-order valence-corrected chi connectivity index (χ3v) is 5.20. The first-order chi connectivity index (χ1) is 15.2. The van der Waals surface area contributed by atoms with E-state index >= 15 is 0 Å². The molecule has 2 N–H and O–H groups in total. The van der Waals surface area contributed by atoms with Crippen LogP contribution in [0.1, 0.15) is 41.3 Å². The minimum absolute atomic E-state index is 0. The molecule has 0 saturated heterocycles. The Balaban J connectivity index is 0.00000385. The lowest BCUT2D eigenvalue weighted by molar-refractivity contribution is -0.137. The number of aliphatic imine (C=N–C) groups is 1. The van der Waals surface area contributed by atoms with Crippen LogP contribution in [0.4, 0.5) is 13.2 Å². The zero-order chi connectivity index (χ0) is 23.1. The Bertz CT molecular complexity index is 1030. The topological polar surface area (TPSA) is 67.1 Å². The van der Waals surface area contributed by atoms with Gasteiger partial charge in [0.2, 0.25) is 0 Å². The highest BCUT2D eigenvalue weighted by molar-refractivity contribution is 14.0. The predicted octanol–water partition coefficient (Wildman–Crippen LogP) is 4.80. The number of alkyl halides is 3. The Morgan fingerprint density at radius 3 is 2.30 bits per heavy atom. The van der Waals surface area contributed by atoms with Crippen LogP contribution in [0.5, 0.6) is 0 Å². The number of hydrogen-bond donors (Lipinski definition) is 2. The smallest absolute Gasteiger partial charge is 0.356 e. The summed E-state index contributed by atoms with van der Waals surface area (Å²) in [6, 6.07) is 15.2. The first-order valence-electron chi connectivity index (χ1n) is 10.3. The van der Waals surface area contributed by atoms with Crippen LogP contribution in [0.2, 0.25) is 0 Å². The van der Waals surface area contributed by atoms with E-state index in [2.05, 4.69) is 25.8 Å². The molecule has 1 heterocycles. The Morgan fingerprint density at radius 2 is 1.73 bits per heavy atom. The van der Waals surface area contributed by atoms with Gasteiger partial charge in [0.25, 0.3) is 0 Å². The van der Waals surface area contributed by atoms with E-state index < -0.39 is 11.7 Å². The largest absolute Gasteiger partial charge is 0.416 e. The molecule has 0 radical (unpaired) electrons. The second-order valence-corrected chi connectivity index (χ2v) is 7.54. The minimum Gasteiger partial charge on any atom is -0.356 e. The van der Waals surface area contributed by atoms with Crippen LogP contribution in [-0.2, 0) is 26.2 Å². The quantitative estimate of drug-likeness (QED) is 0.243. The third-order valence-electron chi connectivity index (χ3n) is 5.20. The van der Waals surface area contributed by atoms with Crippen LogP contribution in [0.25, 0.3) is 0 Å². The molecule has 0 saturated carbocycles. The molecule has 3 aromatic rings. The Morgan fingerprint density at radius 1 is 1.06 bits per heavy atom. The maximum atomic E-state index is 12.7. The van der Waals surface area contributed by atoms with Crippen molar-refractivity contribution in [1.29, 1.82) is 0 Å². The molecule has 1 unspecified atom stereocenters. The summed E-state index contributed by atoms with van der Waals surface area (Å²) in [6.45, 7) is 4.76. The molecule has 0 amide bonds. The minimum atomic E-state index is -4.33. The highest BCUT2D eigenvalue weighted by atomic mass is 127. The van der Waals surface area contributed by atoms with Gasteiger partial charge in [-0.2, -0.15) is 13.2 Å². The van der Waals surface area contributed by atoms with E-state index in [-0.39, 0.29) is 30.0 Å². The summed E-state index contributed by atoms with van der Waals surface area (Å²) in [5, 5.41) is 14.8. The number of benzene rings is 2. The Labute approximate surface area is 208 Å². The van der Waals surface area contributed by atoms with Crippen molar-refractivity contribution in [3.05, 3.63) is 82.9 Å². The molecule has 0 bridgehead atoms. The average Bonchev–Trinajstić information content (AvgIpc) is 3.09. The van der Waals surface area contributed by atoms with Gasteiger partial charge >= 0.3 is 6.18 Å². The summed E-state index contributed by atoms with van der Waals surface area (Å²) in [6.07, 6.45) is -3.77. The zero-order valence-corrected chi connectivity index (χ0v) is 21.1. The van der Waals surface area contributed by atoms with Gasteiger partial charge in [0.05, 0.1) is 11.6 Å². The molecule has 33 heavy (non-hydrogen) atoms. The highest BCUT2D eigenvalue weighted by Crippen LogP contribution is 2.29. The number of rotatable bonds is 7. The predicted molar refractivity (Wildman–Crippen MR) is 133 cm³/mol. The second kappa shape index (κ2) is 12.0. The van der Waals surface area contributed by atoms with E-state index in [9.17, 15) is 13.2 Å². The van der Waals surface area contributed by atoms with Gasteiger partial charge in [0.1, 0.15) is 12.4 Å². The summed E-state index contributed by atoms with van der Waals surface area (Å²) in [5.74, 6) is 2.13. The summed E-state index contributed by atoms with van der Waals surface area (Å²) in [5.41, 5.74) is 1.28. The highest BCUT2D eigenvalue weighted by Gasteiger charge is 2.29. The first kappa shape index (κ1) is 26.6. The van der Waals surface area contributed by atoms with Gasteiger partial charge in [-0.25, -0.2) is 4.99 Å². The van der Waals surface area contributed by atoms with Gasteiger partial charge in [0.15, 0.2) is 11.8 Å². The van der Waals surface area contributed by atoms with Crippen molar-refractivity contribution in [2.45, 2.75) is 39.0 Å². The average molecular weight is 572 g/mol. The van der Waals surface area contributed by atoms with Crippen molar-refractivity contribution in [3.8, 4) is 0 Å². The van der Waals surface area contributed by atoms with Crippen molar-refractivity contribution in [1.82, 2.24) is 25.4 Å². The molecule has 178 valence electrons. The van der Waals surface area contributed by atoms with E-state index in [1.165, 1.54) is 12.1 Å². The number of halogens is 4. The van der Waals surface area contributed by atoms with Gasteiger partial charge in [-0.15, -0.1) is 34.2 Å². The summed E-state index contributed by atoms with van der Waals surface area (Å²) in [7, 11) is 1.89. The number of nitrogens with zero attached hydrogens (tertiary/aromatic N) is 4. The van der Waals surface area contributed by atoms with Crippen LogP contribution in [0.15, 0.2) is 59.6 Å². The van der Waals surface area contributed by atoms with Crippen molar-refractivity contribution >= 4 is 29.9 Å². The molecule has 0 aliphatic carbocycles. The number of nitrogens with one attached hydrogen (secondary N) is 2. The molecular weight excluding hydrogens is 544 g/mol. The van der Waals surface area contributed by atoms with E-state index in [4.69, 9.17) is 0 Å². The zero-order valence-electron chi connectivity index (χ0n) is 18.7. The van der Waals surface area contributed by atoms with Crippen molar-refractivity contribution in [2.75, 3.05) is 6.54 Å². The normalized spacial score (nSPS) is 12.7. The fourth-order valence-electron chi connectivity index (χ4n) is 3.11. The molecule has 3 rings (SSSR count). The maximum Gasteiger partial charge on any atom is 0.416 e. The summed E-state index contributed by atoms with van der Waals surface area (Å²) >= 11 is 0. The van der Waals surface area contributed by atoms with Crippen LogP contribution in [0.3, 0.4) is 0 Å². The molecule has 0 aliphatic heterocycles. The number of aromatic nitrogens is 3. The molecule has 1 atom stereocenters. The fourth-order valence-corrected chi connectivity index (χ4v) is 3.11. The van der Waals surface area contributed by atoms with Crippen LogP contribution in [-0.4, -0.2) is 27.3 Å². The lowest BCUT2D eigenvalue weighted by Crippen LogP contribution is -2.39. The van der Waals surface area contributed by atoms with E-state index in [1.807, 2.05) is 55.8 Å². The number of hydrogen-bond acceptors (Lipinski definition) is 3. The molecule has 0 aliphatic rings. The van der Waals surface area contributed by atoms with E-state index in [0.717, 1.165) is 34.9 Å². The maximum absolute atomic E-state index is 12.7. The van der Waals surface area contributed by atoms with Crippen molar-refractivity contribution in [2.24, 2.45) is 12.0 Å². The second-order valence-electron chi connectivity index (χ2n) is 7.54. The van der Waals surface area contributed by atoms with Crippen LogP contribution in [0, 0.1) is 6.92 Å². The lowest BCUT2D eigenvalue weighted by atomic mass is 10.1. The molecule has 0 spiro atoms. The van der Waals surface area contributed by atoms with Gasteiger partial charge in [-0.1, -0.05) is 42.5 Å².